The fraction of sp³-hybridized carbons (Fsp3) is 0.593. The van der Waals surface area contributed by atoms with Crippen molar-refractivity contribution >= 4 is 5.91 Å². The van der Waals surface area contributed by atoms with Crippen molar-refractivity contribution in [2.24, 2.45) is 5.92 Å². The highest BCUT2D eigenvalue weighted by atomic mass is 19.4. The number of fused-ring (bicyclic) bond motifs is 1. The number of nitrogens with zero attached hydrogens (tertiary/aromatic N) is 3. The zero-order valence-electron chi connectivity index (χ0n) is 21.2. The van der Waals surface area contributed by atoms with Gasteiger partial charge < -0.3 is 19.5 Å². The summed E-state index contributed by atoms with van der Waals surface area (Å²) in [6, 6.07) is 8.26. The van der Waals surface area contributed by atoms with Gasteiger partial charge in [0, 0.05) is 49.9 Å². The van der Waals surface area contributed by atoms with E-state index in [1.807, 2.05) is 13.0 Å². The van der Waals surface area contributed by atoms with Gasteiger partial charge in [-0.1, -0.05) is 12.1 Å². The van der Waals surface area contributed by atoms with Crippen LogP contribution in [0.4, 0.5) is 13.2 Å². The van der Waals surface area contributed by atoms with Crippen LogP contribution in [-0.4, -0.2) is 58.8 Å². The SMILES string of the molecule is CCn1c(C(=O)N[C@H]2CC[C@H](CCN3CCc4ccc(OCC(F)(F)F)nc4CC3)CC2)cccc1=O. The van der Waals surface area contributed by atoms with Crippen molar-refractivity contribution in [2.75, 3.05) is 26.2 Å². The van der Waals surface area contributed by atoms with E-state index < -0.39 is 12.8 Å². The number of hydrogen-bond acceptors (Lipinski definition) is 5. The second kappa shape index (κ2) is 12.1. The topological polar surface area (TPSA) is 76.5 Å². The predicted molar refractivity (Wildman–Crippen MR) is 134 cm³/mol. The van der Waals surface area contributed by atoms with E-state index in [0.717, 1.165) is 69.4 Å². The third-order valence-corrected chi connectivity index (χ3v) is 7.42. The number of amides is 1. The Labute approximate surface area is 215 Å². The summed E-state index contributed by atoms with van der Waals surface area (Å²) in [6.07, 6.45) is 2.18. The number of alkyl halides is 3. The monoisotopic (exact) mass is 520 g/mol. The van der Waals surface area contributed by atoms with E-state index in [-0.39, 0.29) is 23.4 Å². The number of aromatic nitrogens is 2. The Hall–Kier alpha value is -2.88. The molecule has 37 heavy (non-hydrogen) atoms. The van der Waals surface area contributed by atoms with Crippen LogP contribution in [0.3, 0.4) is 0 Å². The molecule has 1 aliphatic carbocycles. The molecule has 2 aromatic rings. The summed E-state index contributed by atoms with van der Waals surface area (Å²) in [5.41, 5.74) is 2.14. The second-order valence-electron chi connectivity index (χ2n) is 9.97. The zero-order valence-corrected chi connectivity index (χ0v) is 21.2. The minimum atomic E-state index is -4.38. The zero-order chi connectivity index (χ0) is 26.4. The third kappa shape index (κ3) is 7.56. The Kier molecular flexibility index (Phi) is 8.89. The number of ether oxygens (including phenoxy) is 1. The first-order valence-corrected chi connectivity index (χ1v) is 13.1. The van der Waals surface area contributed by atoms with Crippen LogP contribution in [0.15, 0.2) is 35.1 Å². The number of pyridine rings is 2. The summed E-state index contributed by atoms with van der Waals surface area (Å²) in [7, 11) is 0. The molecule has 1 N–H and O–H groups in total. The molecule has 0 unspecified atom stereocenters. The fourth-order valence-electron chi connectivity index (χ4n) is 5.33. The Morgan fingerprint density at radius 2 is 1.86 bits per heavy atom. The minimum Gasteiger partial charge on any atom is -0.468 e. The van der Waals surface area contributed by atoms with Gasteiger partial charge in [0.1, 0.15) is 5.69 Å². The van der Waals surface area contributed by atoms with Crippen molar-refractivity contribution in [1.29, 1.82) is 0 Å². The highest BCUT2D eigenvalue weighted by Crippen LogP contribution is 2.28. The normalized spacial score (nSPS) is 20.6. The lowest BCUT2D eigenvalue weighted by molar-refractivity contribution is -0.154. The van der Waals surface area contributed by atoms with E-state index in [0.29, 0.717) is 24.6 Å². The third-order valence-electron chi connectivity index (χ3n) is 7.42. The Balaban J connectivity index is 1.20. The number of carbonyl (C=O) groups is 1. The molecular weight excluding hydrogens is 485 g/mol. The number of hydrogen-bond donors (Lipinski definition) is 1. The van der Waals surface area contributed by atoms with Gasteiger partial charge in [-0.05, 0) is 69.5 Å². The lowest BCUT2D eigenvalue weighted by Crippen LogP contribution is -2.40. The molecule has 10 heteroatoms. The first-order valence-electron chi connectivity index (χ1n) is 13.1. The molecule has 0 radical (unpaired) electrons. The van der Waals surface area contributed by atoms with Crippen LogP contribution >= 0.6 is 0 Å². The van der Waals surface area contributed by atoms with Gasteiger partial charge in [0.05, 0.1) is 0 Å². The summed E-state index contributed by atoms with van der Waals surface area (Å²) >= 11 is 0. The van der Waals surface area contributed by atoms with Crippen LogP contribution in [0, 0.1) is 5.92 Å². The van der Waals surface area contributed by atoms with Gasteiger partial charge in [0.15, 0.2) is 6.61 Å². The summed E-state index contributed by atoms with van der Waals surface area (Å²) < 4.78 is 43.6. The average Bonchev–Trinajstić information content (AvgIpc) is 3.08. The molecule has 0 saturated heterocycles. The molecule has 2 aliphatic rings. The molecule has 1 amide bonds. The van der Waals surface area contributed by atoms with Crippen molar-refractivity contribution in [2.45, 2.75) is 70.6 Å². The van der Waals surface area contributed by atoms with Crippen molar-refractivity contribution < 1.29 is 22.7 Å². The maximum Gasteiger partial charge on any atom is 0.422 e. The standard InChI is InChI=1S/C27H35F3N4O3/c1-2-34-23(4-3-5-25(34)35)26(36)31-21-9-6-19(7-10-21)12-15-33-16-13-20-8-11-24(32-22(20)14-17-33)37-18-27(28,29)30/h3-5,8,11,19,21H,2,6-7,9-10,12-18H2,1H3,(H,31,36)/t19-,21-. The molecule has 0 spiro atoms. The minimum absolute atomic E-state index is 0.0265. The fourth-order valence-corrected chi connectivity index (χ4v) is 5.33. The van der Waals surface area contributed by atoms with E-state index in [4.69, 9.17) is 4.74 Å². The van der Waals surface area contributed by atoms with Gasteiger partial charge in [0.2, 0.25) is 5.88 Å². The molecule has 0 aromatic carbocycles. The van der Waals surface area contributed by atoms with E-state index in [2.05, 4.69) is 15.2 Å². The molecule has 0 bridgehead atoms. The summed E-state index contributed by atoms with van der Waals surface area (Å²) in [5.74, 6) is 0.441. The van der Waals surface area contributed by atoms with E-state index in [1.54, 1.807) is 12.1 Å². The van der Waals surface area contributed by atoms with Gasteiger partial charge in [-0.3, -0.25) is 9.59 Å². The summed E-state index contributed by atoms with van der Waals surface area (Å²) in [6.45, 7) is 3.68. The quantitative estimate of drug-likeness (QED) is 0.570. The van der Waals surface area contributed by atoms with Crippen molar-refractivity contribution in [1.82, 2.24) is 19.8 Å². The van der Waals surface area contributed by atoms with Crippen molar-refractivity contribution in [3.8, 4) is 5.88 Å². The van der Waals surface area contributed by atoms with Crippen LogP contribution < -0.4 is 15.6 Å². The molecule has 0 atom stereocenters. The van der Waals surface area contributed by atoms with E-state index in [9.17, 15) is 22.8 Å². The predicted octanol–water partition coefficient (Wildman–Crippen LogP) is 3.98. The highest BCUT2D eigenvalue weighted by molar-refractivity contribution is 5.92. The summed E-state index contributed by atoms with van der Waals surface area (Å²) in [5, 5.41) is 3.11. The molecule has 3 heterocycles. The Morgan fingerprint density at radius 3 is 2.59 bits per heavy atom. The van der Waals surface area contributed by atoms with Gasteiger partial charge in [-0.15, -0.1) is 0 Å². The maximum atomic E-state index is 12.7. The largest absolute Gasteiger partial charge is 0.468 e. The molecule has 1 fully saturated rings. The molecular formula is C27H35F3N4O3. The average molecular weight is 521 g/mol. The van der Waals surface area contributed by atoms with Crippen LogP contribution in [0.2, 0.25) is 0 Å². The molecule has 4 rings (SSSR count). The first kappa shape index (κ1) is 27.2. The summed E-state index contributed by atoms with van der Waals surface area (Å²) in [4.78, 5) is 31.5. The molecule has 7 nitrogen and oxygen atoms in total. The van der Waals surface area contributed by atoms with Crippen molar-refractivity contribution in [3.05, 3.63) is 57.6 Å². The van der Waals surface area contributed by atoms with Crippen LogP contribution in [0.25, 0.3) is 0 Å². The molecule has 1 aliphatic heterocycles. The lowest BCUT2D eigenvalue weighted by atomic mass is 9.84. The number of halogens is 3. The smallest absolute Gasteiger partial charge is 0.422 e. The van der Waals surface area contributed by atoms with Crippen molar-refractivity contribution in [3.63, 3.8) is 0 Å². The second-order valence-corrected chi connectivity index (χ2v) is 9.97. The van der Waals surface area contributed by atoms with Gasteiger partial charge in [-0.2, -0.15) is 13.2 Å². The molecule has 202 valence electrons. The number of rotatable bonds is 8. The van der Waals surface area contributed by atoms with Gasteiger partial charge >= 0.3 is 6.18 Å². The van der Waals surface area contributed by atoms with Crippen LogP contribution in [-0.2, 0) is 19.4 Å². The number of carbonyl (C=O) groups excluding carboxylic acids is 1. The van der Waals surface area contributed by atoms with E-state index >= 15 is 0 Å². The van der Waals surface area contributed by atoms with Gasteiger partial charge in [0.25, 0.3) is 11.5 Å². The lowest BCUT2D eigenvalue weighted by Gasteiger charge is -2.31. The van der Waals surface area contributed by atoms with E-state index in [1.165, 1.54) is 16.7 Å². The maximum absolute atomic E-state index is 12.7. The molecule has 2 aromatic heterocycles. The number of nitrogens with one attached hydrogen (secondary N) is 1. The molecule has 1 saturated carbocycles. The first-order chi connectivity index (χ1) is 17.7. The highest BCUT2D eigenvalue weighted by Gasteiger charge is 2.29. The van der Waals surface area contributed by atoms with Crippen LogP contribution in [0.1, 0.15) is 60.8 Å². The van der Waals surface area contributed by atoms with Gasteiger partial charge in [-0.25, -0.2) is 4.98 Å². The Morgan fingerprint density at radius 1 is 1.11 bits per heavy atom. The Bertz CT molecular complexity index is 1130. The van der Waals surface area contributed by atoms with Crippen LogP contribution in [0.5, 0.6) is 5.88 Å².